The van der Waals surface area contributed by atoms with Crippen LogP contribution in [0.5, 0.6) is 0 Å². The third-order valence-electron chi connectivity index (χ3n) is 6.28. The first-order chi connectivity index (χ1) is 14.3. The first-order valence-corrected chi connectivity index (χ1v) is 11.3. The largest absolute Gasteiger partial charge is 0.394 e. The maximum absolute atomic E-state index is 9.04. The van der Waals surface area contributed by atoms with Crippen molar-refractivity contribution in [3.8, 4) is 0 Å². The van der Waals surface area contributed by atoms with Crippen molar-refractivity contribution in [2.24, 2.45) is 0 Å². The van der Waals surface area contributed by atoms with Crippen LogP contribution in [0.15, 0.2) is 0 Å². The van der Waals surface area contributed by atoms with Crippen LogP contribution < -0.4 is 0 Å². The summed E-state index contributed by atoms with van der Waals surface area (Å²) in [6, 6.07) is 0. The molecule has 5 fully saturated rings. The van der Waals surface area contributed by atoms with Gasteiger partial charge >= 0.3 is 0 Å². The van der Waals surface area contributed by atoms with Crippen molar-refractivity contribution in [1.82, 2.24) is 0 Å². The summed E-state index contributed by atoms with van der Waals surface area (Å²) in [6.45, 7) is 16.0. The summed E-state index contributed by atoms with van der Waals surface area (Å²) in [6.07, 6.45) is -0.653. The SMILES string of the molecule is CC1O[C@@H](C2COC(C)(C)O2)C2OC(C)(C)OC12.CC1O[C@@H](CO)C2OC(C)(C)OC12. The summed E-state index contributed by atoms with van der Waals surface area (Å²) in [5.74, 6) is -1.62. The van der Waals surface area contributed by atoms with Gasteiger partial charge in [0.2, 0.25) is 0 Å². The maximum atomic E-state index is 9.04. The lowest BCUT2D eigenvalue weighted by Gasteiger charge is -2.26. The van der Waals surface area contributed by atoms with Gasteiger partial charge in [-0.25, -0.2) is 0 Å². The van der Waals surface area contributed by atoms with Crippen molar-refractivity contribution in [1.29, 1.82) is 0 Å². The first kappa shape index (κ1) is 23.8. The van der Waals surface area contributed by atoms with E-state index < -0.39 is 17.4 Å². The van der Waals surface area contributed by atoms with E-state index in [1.807, 2.05) is 55.4 Å². The molecule has 5 rings (SSSR count). The molecule has 0 amide bonds. The highest BCUT2D eigenvalue weighted by molar-refractivity contribution is 5.00. The normalized spacial score (nSPS) is 48.9. The van der Waals surface area contributed by atoms with Crippen molar-refractivity contribution in [3.63, 3.8) is 0 Å². The molecule has 5 saturated heterocycles. The van der Waals surface area contributed by atoms with Crippen molar-refractivity contribution >= 4 is 0 Å². The van der Waals surface area contributed by atoms with E-state index in [9.17, 15) is 0 Å². The molecule has 0 aromatic rings. The van der Waals surface area contributed by atoms with Crippen molar-refractivity contribution in [2.45, 2.75) is 128 Å². The van der Waals surface area contributed by atoms with E-state index in [1.54, 1.807) is 0 Å². The molecule has 5 aliphatic heterocycles. The molecule has 0 saturated carbocycles. The maximum Gasteiger partial charge on any atom is 0.164 e. The highest BCUT2D eigenvalue weighted by atomic mass is 16.8. The number of aliphatic hydroxyl groups is 1. The second-order valence-electron chi connectivity index (χ2n) is 10.4. The fraction of sp³-hybridized carbons (Fsp3) is 1.00. The fourth-order valence-electron chi connectivity index (χ4n) is 5.06. The van der Waals surface area contributed by atoms with E-state index in [1.165, 1.54) is 0 Å². The Balaban J connectivity index is 0.000000158. The Labute approximate surface area is 184 Å². The Hall–Kier alpha value is -0.360. The molecule has 1 N–H and O–H groups in total. The lowest BCUT2D eigenvalue weighted by atomic mass is 10.1. The molecule has 5 aliphatic rings. The van der Waals surface area contributed by atoms with Crippen LogP contribution in [0.3, 0.4) is 0 Å². The Bertz CT molecular complexity index is 651. The van der Waals surface area contributed by atoms with Crippen molar-refractivity contribution < 1.29 is 43.0 Å². The van der Waals surface area contributed by atoms with Crippen molar-refractivity contribution in [3.05, 3.63) is 0 Å². The van der Waals surface area contributed by atoms with Crippen LogP contribution in [0.4, 0.5) is 0 Å². The average molecular weight is 447 g/mol. The summed E-state index contributed by atoms with van der Waals surface area (Å²) in [4.78, 5) is 0. The van der Waals surface area contributed by atoms with Crippen LogP contribution in [0, 0.1) is 0 Å². The molecule has 0 bridgehead atoms. The molecule has 0 aromatic heterocycles. The van der Waals surface area contributed by atoms with Gasteiger partial charge in [-0.05, 0) is 55.4 Å². The molecule has 0 radical (unpaired) electrons. The number of ether oxygens (including phenoxy) is 8. The summed E-state index contributed by atoms with van der Waals surface area (Å²) in [5.41, 5.74) is 0. The van der Waals surface area contributed by atoms with Gasteiger partial charge < -0.3 is 43.0 Å². The van der Waals surface area contributed by atoms with Gasteiger partial charge in [0, 0.05) is 0 Å². The standard InChI is InChI=1S/C13H22O5.C9H16O4/c1-7-9-11(18-13(4,5)17-9)10(15-7)8-6-14-12(2,3)16-8;1-5-7-8(6(4-10)11-5)13-9(2,3)12-7/h7-11H,6H2,1-5H3;5-8,10H,4H2,1-3H3/t7?,8?,9?,10-,11?;5?,6-,7?,8?/m00/s1. The van der Waals surface area contributed by atoms with E-state index in [0.717, 1.165) is 0 Å². The van der Waals surface area contributed by atoms with Crippen LogP contribution in [0.2, 0.25) is 0 Å². The van der Waals surface area contributed by atoms with Crippen LogP contribution in [0.1, 0.15) is 55.4 Å². The third kappa shape index (κ3) is 4.81. The van der Waals surface area contributed by atoms with Crippen LogP contribution >= 0.6 is 0 Å². The molecule has 5 heterocycles. The number of fused-ring (bicyclic) bond motifs is 2. The predicted molar refractivity (Wildman–Crippen MR) is 108 cm³/mol. The molecule has 0 aromatic carbocycles. The second kappa shape index (κ2) is 8.14. The van der Waals surface area contributed by atoms with Crippen LogP contribution in [-0.2, 0) is 37.9 Å². The molecule has 7 unspecified atom stereocenters. The quantitative estimate of drug-likeness (QED) is 0.680. The molecular weight excluding hydrogens is 408 g/mol. The minimum atomic E-state index is -0.541. The molecule has 31 heavy (non-hydrogen) atoms. The number of hydrogen-bond acceptors (Lipinski definition) is 9. The summed E-state index contributed by atoms with van der Waals surface area (Å²) < 4.78 is 46.0. The van der Waals surface area contributed by atoms with E-state index in [0.29, 0.717) is 6.61 Å². The number of rotatable bonds is 2. The lowest BCUT2D eigenvalue weighted by Crippen LogP contribution is -2.40. The Morgan fingerprint density at radius 2 is 1.16 bits per heavy atom. The number of aliphatic hydroxyl groups excluding tert-OH is 1. The van der Waals surface area contributed by atoms with Gasteiger partial charge in [-0.15, -0.1) is 0 Å². The molecule has 9 atom stereocenters. The minimum absolute atomic E-state index is 0.00363. The molecule has 0 spiro atoms. The van der Waals surface area contributed by atoms with Crippen LogP contribution in [0.25, 0.3) is 0 Å². The van der Waals surface area contributed by atoms with E-state index in [2.05, 4.69) is 0 Å². The fourth-order valence-corrected chi connectivity index (χ4v) is 5.06. The molecular formula is C22H38O9. The van der Waals surface area contributed by atoms with Crippen molar-refractivity contribution in [2.75, 3.05) is 13.2 Å². The van der Waals surface area contributed by atoms with E-state index in [-0.39, 0.29) is 61.5 Å². The number of hydrogen-bond donors (Lipinski definition) is 1. The van der Waals surface area contributed by atoms with Crippen LogP contribution in [-0.4, -0.2) is 90.6 Å². The van der Waals surface area contributed by atoms with Gasteiger partial charge in [-0.1, -0.05) is 0 Å². The van der Waals surface area contributed by atoms with Gasteiger partial charge in [0.15, 0.2) is 17.4 Å². The monoisotopic (exact) mass is 446 g/mol. The highest BCUT2D eigenvalue weighted by Gasteiger charge is 2.57. The topological polar surface area (TPSA) is 94.1 Å². The average Bonchev–Trinajstić information content (AvgIpc) is 3.39. The molecule has 9 nitrogen and oxygen atoms in total. The Morgan fingerprint density at radius 3 is 1.71 bits per heavy atom. The third-order valence-corrected chi connectivity index (χ3v) is 6.28. The lowest BCUT2D eigenvalue weighted by molar-refractivity contribution is -0.204. The minimum Gasteiger partial charge on any atom is -0.394 e. The zero-order valence-electron chi connectivity index (χ0n) is 19.8. The van der Waals surface area contributed by atoms with Gasteiger partial charge in [0.05, 0.1) is 25.4 Å². The van der Waals surface area contributed by atoms with Gasteiger partial charge in [-0.3, -0.25) is 0 Å². The zero-order chi connectivity index (χ0) is 22.8. The predicted octanol–water partition coefficient (Wildman–Crippen LogP) is 1.73. The second-order valence-corrected chi connectivity index (χ2v) is 10.4. The Kier molecular flexibility index (Phi) is 6.25. The zero-order valence-corrected chi connectivity index (χ0v) is 19.8. The first-order valence-electron chi connectivity index (χ1n) is 11.3. The summed E-state index contributed by atoms with van der Waals surface area (Å²) in [7, 11) is 0. The Morgan fingerprint density at radius 1 is 0.645 bits per heavy atom. The molecule has 180 valence electrons. The molecule has 9 heteroatoms. The highest BCUT2D eigenvalue weighted by Crippen LogP contribution is 2.42. The van der Waals surface area contributed by atoms with Gasteiger partial charge in [0.25, 0.3) is 0 Å². The van der Waals surface area contributed by atoms with Gasteiger partial charge in [-0.2, -0.15) is 0 Å². The molecule has 0 aliphatic carbocycles. The van der Waals surface area contributed by atoms with E-state index >= 15 is 0 Å². The summed E-state index contributed by atoms with van der Waals surface area (Å²) in [5, 5.41) is 9.04. The summed E-state index contributed by atoms with van der Waals surface area (Å²) >= 11 is 0. The smallest absolute Gasteiger partial charge is 0.164 e. The van der Waals surface area contributed by atoms with Gasteiger partial charge in [0.1, 0.15) is 42.7 Å². The van der Waals surface area contributed by atoms with E-state index in [4.69, 9.17) is 43.0 Å².